The van der Waals surface area contributed by atoms with Crippen LogP contribution in [0.1, 0.15) is 34.0 Å². The molecule has 2 aromatic carbocycles. The van der Waals surface area contributed by atoms with E-state index in [1.165, 1.54) is 32.9 Å². The summed E-state index contributed by atoms with van der Waals surface area (Å²) in [5, 5.41) is 9.11. The van der Waals surface area contributed by atoms with E-state index >= 15 is 0 Å². The molecule has 0 bridgehead atoms. The third kappa shape index (κ3) is 5.24. The molecule has 1 heterocycles. The summed E-state index contributed by atoms with van der Waals surface area (Å²) in [7, 11) is 0. The minimum Gasteiger partial charge on any atom is -0.507 e. The largest absolute Gasteiger partial charge is 0.507 e. The number of ether oxygens (including phenoxy) is 2. The molecule has 1 N–H and O–H groups in total. The van der Waals surface area contributed by atoms with Gasteiger partial charge < -0.3 is 14.6 Å². The van der Waals surface area contributed by atoms with Crippen LogP contribution in [-0.2, 0) is 9.53 Å². The van der Waals surface area contributed by atoms with E-state index in [1.54, 1.807) is 0 Å². The Hall–Kier alpha value is -3.43. The molecule has 0 spiro atoms. The smallest absolute Gasteiger partial charge is 0.430 e. The molecule has 1 unspecified atom stereocenters. The van der Waals surface area contributed by atoms with Crippen LogP contribution in [0.5, 0.6) is 11.5 Å². The summed E-state index contributed by atoms with van der Waals surface area (Å²) in [4.78, 5) is 21.9. The van der Waals surface area contributed by atoms with E-state index in [9.17, 15) is 31.5 Å². The second-order valence-corrected chi connectivity index (χ2v) is 6.68. The van der Waals surface area contributed by atoms with Gasteiger partial charge in [0.15, 0.2) is 6.29 Å². The molecule has 0 aliphatic carbocycles. The molecule has 0 saturated carbocycles. The van der Waals surface area contributed by atoms with Gasteiger partial charge >= 0.3 is 12.1 Å². The van der Waals surface area contributed by atoms with Gasteiger partial charge in [-0.25, -0.2) is 13.6 Å². The molecular weight excluding hydrogens is 439 g/mol. The Kier molecular flexibility index (Phi) is 7.60. The molecule has 172 valence electrons. The van der Waals surface area contributed by atoms with Gasteiger partial charge in [-0.3, -0.25) is 4.79 Å². The molecule has 0 radical (unpaired) electrons. The van der Waals surface area contributed by atoms with Crippen molar-refractivity contribution in [3.63, 3.8) is 0 Å². The molecule has 32 heavy (non-hydrogen) atoms. The number of esters is 1. The number of carbonyl (C=O) groups is 2. The molecule has 0 aromatic heterocycles. The lowest BCUT2D eigenvalue weighted by atomic mass is 9.99. The van der Waals surface area contributed by atoms with E-state index in [1.807, 2.05) is 0 Å². The van der Waals surface area contributed by atoms with Crippen LogP contribution in [0.25, 0.3) is 6.08 Å². The van der Waals surface area contributed by atoms with Crippen molar-refractivity contribution in [2.24, 2.45) is 0 Å². The Morgan fingerprint density at radius 1 is 1.12 bits per heavy atom. The van der Waals surface area contributed by atoms with Crippen molar-refractivity contribution in [1.82, 2.24) is 0 Å². The number of hydrogen-bond acceptors (Lipinski definition) is 5. The van der Waals surface area contributed by atoms with Crippen LogP contribution >= 0.6 is 0 Å². The fourth-order valence-electron chi connectivity index (χ4n) is 2.80. The molecule has 1 aliphatic rings. The molecule has 10 heteroatoms. The van der Waals surface area contributed by atoms with Crippen molar-refractivity contribution < 1.29 is 46.1 Å². The first-order chi connectivity index (χ1) is 14.9. The highest BCUT2D eigenvalue weighted by molar-refractivity contribution is 5.96. The number of phenolic OH excluding ortho intramolecular Hbond substituents is 1. The Balaban J connectivity index is 0.000000278. The van der Waals surface area contributed by atoms with Gasteiger partial charge in [0.2, 0.25) is 6.10 Å². The predicted octanol–water partition coefficient (Wildman–Crippen LogP) is 5.06. The highest BCUT2D eigenvalue weighted by atomic mass is 19.4. The fraction of sp³-hybridized carbons (Fsp3) is 0.273. The van der Waals surface area contributed by atoms with Crippen molar-refractivity contribution in [1.29, 1.82) is 0 Å². The van der Waals surface area contributed by atoms with E-state index in [0.717, 1.165) is 18.2 Å². The number of rotatable bonds is 3. The van der Waals surface area contributed by atoms with E-state index in [2.05, 4.69) is 4.74 Å². The second kappa shape index (κ2) is 9.80. The minimum absolute atomic E-state index is 0.0408. The molecule has 2 aromatic rings. The van der Waals surface area contributed by atoms with Crippen LogP contribution in [0.3, 0.4) is 0 Å². The van der Waals surface area contributed by atoms with Gasteiger partial charge in [0.25, 0.3) is 0 Å². The molecular formula is C22H19F5O5. The van der Waals surface area contributed by atoms with Gasteiger partial charge in [-0.2, -0.15) is 13.2 Å². The van der Waals surface area contributed by atoms with Crippen molar-refractivity contribution in [3.05, 3.63) is 63.7 Å². The number of phenols is 1. The number of benzene rings is 2. The number of alkyl halides is 3. The Morgan fingerprint density at radius 3 is 2.28 bits per heavy atom. The highest BCUT2D eigenvalue weighted by Gasteiger charge is 2.49. The van der Waals surface area contributed by atoms with Crippen molar-refractivity contribution in [3.8, 4) is 11.5 Å². The van der Waals surface area contributed by atoms with Crippen molar-refractivity contribution in [2.45, 2.75) is 33.1 Å². The molecule has 3 rings (SSSR count). The third-order valence-electron chi connectivity index (χ3n) is 4.53. The second-order valence-electron chi connectivity index (χ2n) is 6.68. The van der Waals surface area contributed by atoms with Crippen LogP contribution in [0.2, 0.25) is 0 Å². The standard InChI is InChI=1S/C14H12F4O3.C8H7FO2/c1-3-20-13(19)9-6-8-4-5-10(15)7(2)11(8)21-12(9)14(16,17)18;1-5-7(9)3-2-6(4-10)8(5)11/h4-6,12H,3H2,1-2H3;2-4,11H,1H3. The summed E-state index contributed by atoms with van der Waals surface area (Å²) in [6.45, 7) is 4.15. The lowest BCUT2D eigenvalue weighted by molar-refractivity contribution is -0.188. The molecule has 1 aliphatic heterocycles. The quantitative estimate of drug-likeness (QED) is 0.396. The maximum atomic E-state index is 13.4. The fourth-order valence-corrected chi connectivity index (χ4v) is 2.80. The van der Waals surface area contributed by atoms with E-state index in [-0.39, 0.29) is 40.4 Å². The van der Waals surface area contributed by atoms with Gasteiger partial charge in [0.1, 0.15) is 23.1 Å². The topological polar surface area (TPSA) is 72.8 Å². The van der Waals surface area contributed by atoms with Gasteiger partial charge in [-0.15, -0.1) is 0 Å². The normalized spacial score (nSPS) is 14.9. The predicted molar refractivity (Wildman–Crippen MR) is 104 cm³/mol. The van der Waals surface area contributed by atoms with Gasteiger partial charge in [-0.1, -0.05) is 0 Å². The summed E-state index contributed by atoms with van der Waals surface area (Å²) < 4.78 is 74.7. The number of aldehydes is 1. The number of aromatic hydroxyl groups is 1. The monoisotopic (exact) mass is 458 g/mol. The number of fused-ring (bicyclic) bond motifs is 1. The summed E-state index contributed by atoms with van der Waals surface area (Å²) >= 11 is 0. The first kappa shape index (κ1) is 24.8. The first-order valence-corrected chi connectivity index (χ1v) is 9.26. The molecule has 0 fully saturated rings. The Morgan fingerprint density at radius 2 is 1.72 bits per heavy atom. The average molecular weight is 458 g/mol. The lowest BCUT2D eigenvalue weighted by Crippen LogP contribution is -2.41. The minimum atomic E-state index is -4.81. The summed E-state index contributed by atoms with van der Waals surface area (Å²) in [6.07, 6.45) is -5.76. The maximum Gasteiger partial charge on any atom is 0.430 e. The zero-order valence-electron chi connectivity index (χ0n) is 17.2. The number of hydrogen-bond donors (Lipinski definition) is 1. The maximum absolute atomic E-state index is 13.4. The molecule has 0 amide bonds. The van der Waals surface area contributed by atoms with E-state index in [0.29, 0.717) is 6.29 Å². The number of carbonyl (C=O) groups excluding carboxylic acids is 2. The average Bonchev–Trinajstić information content (AvgIpc) is 2.74. The molecule has 0 saturated heterocycles. The summed E-state index contributed by atoms with van der Waals surface area (Å²) in [5.74, 6) is -2.78. The van der Waals surface area contributed by atoms with Crippen LogP contribution in [-0.4, -0.2) is 36.2 Å². The van der Waals surface area contributed by atoms with Crippen LogP contribution in [0, 0.1) is 25.5 Å². The van der Waals surface area contributed by atoms with Crippen molar-refractivity contribution in [2.75, 3.05) is 6.61 Å². The van der Waals surface area contributed by atoms with E-state index < -0.39 is 35.5 Å². The van der Waals surface area contributed by atoms with Crippen molar-refractivity contribution >= 4 is 18.3 Å². The third-order valence-corrected chi connectivity index (χ3v) is 4.53. The Labute approximate surface area is 180 Å². The zero-order chi connectivity index (χ0) is 24.2. The lowest BCUT2D eigenvalue weighted by Gasteiger charge is -2.28. The van der Waals surface area contributed by atoms with Gasteiger partial charge in [-0.05, 0) is 51.1 Å². The number of halogens is 5. The van der Waals surface area contributed by atoms with Crippen LogP contribution < -0.4 is 4.74 Å². The summed E-state index contributed by atoms with van der Waals surface area (Å²) in [6, 6.07) is 4.75. The SMILES string of the molecule is CCOC(=O)C1=Cc2ccc(F)c(C)c2OC1C(F)(F)F.Cc1c(F)ccc(C=O)c1O. The van der Waals surface area contributed by atoms with Gasteiger partial charge in [0.05, 0.1) is 17.7 Å². The highest BCUT2D eigenvalue weighted by Crippen LogP contribution is 2.39. The van der Waals surface area contributed by atoms with Gasteiger partial charge in [0, 0.05) is 16.7 Å². The molecule has 5 nitrogen and oxygen atoms in total. The van der Waals surface area contributed by atoms with Crippen LogP contribution in [0.4, 0.5) is 22.0 Å². The van der Waals surface area contributed by atoms with E-state index in [4.69, 9.17) is 9.84 Å². The van der Waals surface area contributed by atoms with Crippen LogP contribution in [0.15, 0.2) is 29.8 Å². The zero-order valence-corrected chi connectivity index (χ0v) is 17.2. The molecule has 1 atom stereocenters. The Bertz CT molecular complexity index is 1060. The summed E-state index contributed by atoms with van der Waals surface area (Å²) in [5.41, 5.74) is -0.264. The first-order valence-electron chi connectivity index (χ1n) is 9.26.